The van der Waals surface area contributed by atoms with Crippen molar-refractivity contribution in [3.8, 4) is 5.75 Å². The minimum atomic E-state index is -1.01. The van der Waals surface area contributed by atoms with Gasteiger partial charge in [0.2, 0.25) is 5.78 Å². The Labute approximate surface area is 149 Å². The van der Waals surface area contributed by atoms with E-state index in [1.54, 1.807) is 56.5 Å². The smallest absolute Gasteiger partial charge is 0.310 e. The molecule has 0 aliphatic rings. The van der Waals surface area contributed by atoms with E-state index >= 15 is 0 Å². The van der Waals surface area contributed by atoms with Crippen LogP contribution in [0.15, 0.2) is 42.5 Å². The van der Waals surface area contributed by atoms with E-state index in [-0.39, 0.29) is 11.5 Å². The average Bonchev–Trinajstić information content (AvgIpc) is 2.98. The van der Waals surface area contributed by atoms with Gasteiger partial charge in [0.05, 0.1) is 18.7 Å². The van der Waals surface area contributed by atoms with Crippen LogP contribution in [-0.4, -0.2) is 29.0 Å². The third-order valence-corrected chi connectivity index (χ3v) is 4.42. The molecule has 1 unspecified atom stereocenters. The third kappa shape index (κ3) is 3.10. The Kier molecular flexibility index (Phi) is 4.51. The molecule has 128 valence electrons. The highest BCUT2D eigenvalue weighted by atomic mass is 35.5. The Morgan fingerprint density at radius 3 is 2.44 bits per heavy atom. The maximum atomic E-state index is 13.0. The van der Waals surface area contributed by atoms with Gasteiger partial charge in [-0.3, -0.25) is 9.59 Å². The van der Waals surface area contributed by atoms with Crippen molar-refractivity contribution >= 4 is 34.3 Å². The van der Waals surface area contributed by atoms with E-state index in [1.165, 1.54) is 0 Å². The normalized spacial score (nSPS) is 12.1. The lowest BCUT2D eigenvalue weighted by molar-refractivity contribution is -0.138. The van der Waals surface area contributed by atoms with Gasteiger partial charge in [0, 0.05) is 27.1 Å². The van der Waals surface area contributed by atoms with Gasteiger partial charge in [-0.05, 0) is 49.4 Å². The number of aliphatic carboxylic acids is 1. The molecule has 25 heavy (non-hydrogen) atoms. The van der Waals surface area contributed by atoms with E-state index in [1.807, 2.05) is 0 Å². The van der Waals surface area contributed by atoms with Crippen LogP contribution in [-0.2, 0) is 4.79 Å². The van der Waals surface area contributed by atoms with E-state index in [0.717, 1.165) is 0 Å². The number of H-pyrrole nitrogens is 1. The van der Waals surface area contributed by atoms with E-state index < -0.39 is 11.9 Å². The van der Waals surface area contributed by atoms with Crippen LogP contribution >= 0.6 is 11.6 Å². The number of ketones is 1. The predicted octanol–water partition coefficient (Wildman–Crippen LogP) is 4.25. The fraction of sp³-hybridized carbons (Fsp3) is 0.158. The molecule has 0 amide bonds. The number of aromatic nitrogens is 1. The molecule has 0 saturated heterocycles. The van der Waals surface area contributed by atoms with Crippen molar-refractivity contribution in [3.63, 3.8) is 0 Å². The van der Waals surface area contributed by atoms with E-state index in [4.69, 9.17) is 16.3 Å². The van der Waals surface area contributed by atoms with Crippen LogP contribution in [0, 0.1) is 0 Å². The van der Waals surface area contributed by atoms with E-state index in [9.17, 15) is 14.7 Å². The SMILES string of the molecule is COc1ccc(C(=O)c2[nH]c3ccc(Cl)cc3c2C(C)C(=O)O)cc1. The van der Waals surface area contributed by atoms with E-state index in [2.05, 4.69) is 4.98 Å². The van der Waals surface area contributed by atoms with Crippen LogP contribution in [0.3, 0.4) is 0 Å². The lowest BCUT2D eigenvalue weighted by Crippen LogP contribution is -2.12. The minimum Gasteiger partial charge on any atom is -0.497 e. The zero-order valence-electron chi connectivity index (χ0n) is 13.7. The van der Waals surface area contributed by atoms with Crippen LogP contribution in [0.5, 0.6) is 5.75 Å². The first kappa shape index (κ1) is 17.0. The number of carbonyl (C=O) groups is 2. The second-order valence-corrected chi connectivity index (χ2v) is 6.16. The summed E-state index contributed by atoms with van der Waals surface area (Å²) < 4.78 is 5.10. The molecule has 3 rings (SSSR count). The van der Waals surface area contributed by atoms with Crippen LogP contribution in [0.25, 0.3) is 10.9 Å². The van der Waals surface area contributed by atoms with Crippen molar-refractivity contribution < 1.29 is 19.4 Å². The summed E-state index contributed by atoms with van der Waals surface area (Å²) in [5.74, 6) is -1.51. The maximum absolute atomic E-state index is 13.0. The largest absolute Gasteiger partial charge is 0.497 e. The minimum absolute atomic E-state index is 0.261. The number of hydrogen-bond acceptors (Lipinski definition) is 3. The number of hydrogen-bond donors (Lipinski definition) is 2. The number of nitrogens with one attached hydrogen (secondary N) is 1. The molecular weight excluding hydrogens is 342 g/mol. The lowest BCUT2D eigenvalue weighted by atomic mass is 9.94. The van der Waals surface area contributed by atoms with Crippen molar-refractivity contribution in [2.24, 2.45) is 0 Å². The average molecular weight is 358 g/mol. The molecule has 2 N–H and O–H groups in total. The topological polar surface area (TPSA) is 79.4 Å². The van der Waals surface area contributed by atoms with Gasteiger partial charge >= 0.3 is 5.97 Å². The maximum Gasteiger partial charge on any atom is 0.310 e. The van der Waals surface area contributed by atoms with Crippen LogP contribution in [0.4, 0.5) is 0 Å². The zero-order chi connectivity index (χ0) is 18.1. The first-order chi connectivity index (χ1) is 11.9. The van der Waals surface area contributed by atoms with Crippen LogP contribution in [0.1, 0.15) is 34.5 Å². The molecule has 0 radical (unpaired) electrons. The molecule has 1 atom stereocenters. The van der Waals surface area contributed by atoms with Crippen molar-refractivity contribution in [1.82, 2.24) is 4.98 Å². The summed E-state index contributed by atoms with van der Waals surface area (Å²) in [6.45, 7) is 1.55. The summed E-state index contributed by atoms with van der Waals surface area (Å²) in [7, 11) is 1.55. The molecule has 0 aliphatic heterocycles. The Balaban J connectivity index is 2.18. The molecule has 5 nitrogen and oxygen atoms in total. The molecule has 3 aromatic rings. The molecule has 0 fully saturated rings. The first-order valence-electron chi connectivity index (χ1n) is 7.65. The van der Waals surface area contributed by atoms with Crippen molar-refractivity contribution in [2.45, 2.75) is 12.8 Å². The number of fused-ring (bicyclic) bond motifs is 1. The van der Waals surface area contributed by atoms with Crippen molar-refractivity contribution in [3.05, 3.63) is 64.3 Å². The summed E-state index contributed by atoms with van der Waals surface area (Å²) >= 11 is 6.05. The predicted molar refractivity (Wildman–Crippen MR) is 95.8 cm³/mol. The number of ether oxygens (including phenoxy) is 1. The second kappa shape index (κ2) is 6.61. The van der Waals surface area contributed by atoms with Gasteiger partial charge in [0.25, 0.3) is 0 Å². The highest BCUT2D eigenvalue weighted by Crippen LogP contribution is 2.33. The van der Waals surface area contributed by atoms with Gasteiger partial charge < -0.3 is 14.8 Å². The molecule has 6 heteroatoms. The quantitative estimate of drug-likeness (QED) is 0.669. The van der Waals surface area contributed by atoms with Crippen LogP contribution in [0.2, 0.25) is 5.02 Å². The number of aromatic amines is 1. The van der Waals surface area contributed by atoms with E-state index in [0.29, 0.717) is 32.8 Å². The second-order valence-electron chi connectivity index (χ2n) is 5.72. The number of rotatable bonds is 5. The summed E-state index contributed by atoms with van der Waals surface area (Å²) in [6.07, 6.45) is 0. The van der Waals surface area contributed by atoms with Gasteiger partial charge in [0.15, 0.2) is 0 Å². The standard InChI is InChI=1S/C19H16ClNO4/c1-10(19(23)24)16-14-9-12(20)5-8-15(14)21-17(16)18(22)11-3-6-13(25-2)7-4-11/h3-10,21H,1-2H3,(H,23,24). The monoisotopic (exact) mass is 357 g/mol. The van der Waals surface area contributed by atoms with Crippen LogP contribution < -0.4 is 4.74 Å². The highest BCUT2D eigenvalue weighted by molar-refractivity contribution is 6.31. The molecule has 0 bridgehead atoms. The molecule has 2 aromatic carbocycles. The molecule has 1 heterocycles. The molecule has 0 spiro atoms. The Bertz CT molecular complexity index is 959. The fourth-order valence-corrected chi connectivity index (χ4v) is 3.00. The van der Waals surface area contributed by atoms with Gasteiger partial charge in [-0.2, -0.15) is 0 Å². The number of carbonyl (C=O) groups excluding carboxylic acids is 1. The summed E-state index contributed by atoms with van der Waals surface area (Å²) in [5.41, 5.74) is 1.81. The molecule has 0 aliphatic carbocycles. The first-order valence-corrected chi connectivity index (χ1v) is 8.03. The van der Waals surface area contributed by atoms with Gasteiger partial charge in [0.1, 0.15) is 5.75 Å². The summed E-state index contributed by atoms with van der Waals surface area (Å²) in [6, 6.07) is 11.8. The highest BCUT2D eigenvalue weighted by Gasteiger charge is 2.26. The summed E-state index contributed by atoms with van der Waals surface area (Å²) in [4.78, 5) is 27.5. The van der Waals surface area contributed by atoms with Crippen molar-refractivity contribution in [2.75, 3.05) is 7.11 Å². The number of halogens is 1. The number of carboxylic acid groups (broad SMARTS) is 1. The Morgan fingerprint density at radius 2 is 1.84 bits per heavy atom. The zero-order valence-corrected chi connectivity index (χ0v) is 14.4. The summed E-state index contributed by atoms with van der Waals surface area (Å²) in [5, 5.41) is 10.6. The number of methoxy groups -OCH3 is 1. The molecule has 0 saturated carbocycles. The lowest BCUT2D eigenvalue weighted by Gasteiger charge is -2.09. The fourth-order valence-electron chi connectivity index (χ4n) is 2.82. The Morgan fingerprint density at radius 1 is 1.16 bits per heavy atom. The van der Waals surface area contributed by atoms with Gasteiger partial charge in [-0.15, -0.1) is 0 Å². The van der Waals surface area contributed by atoms with Gasteiger partial charge in [-0.1, -0.05) is 11.6 Å². The Hall–Kier alpha value is -2.79. The molecule has 1 aromatic heterocycles. The number of benzene rings is 2. The van der Waals surface area contributed by atoms with Crippen molar-refractivity contribution in [1.29, 1.82) is 0 Å². The molecular formula is C19H16ClNO4. The third-order valence-electron chi connectivity index (χ3n) is 4.18. The number of carboxylic acids is 1. The van der Waals surface area contributed by atoms with Gasteiger partial charge in [-0.25, -0.2) is 0 Å².